The van der Waals surface area contributed by atoms with Crippen molar-refractivity contribution in [3.8, 4) is 0 Å². The minimum absolute atomic E-state index is 0.125. The standard InChI is InChI=1S/C24H25N3O4S/c1-17(28)25-21-7-9-22(10-8-21)26-24(29)19-12-14-27(15-13-19)32(30,31)23-11-6-18-4-2-3-5-20(18)16-23/h2-11,16,19H,12-15H2,1H3,(H,25,28)(H,26,29). The quantitative estimate of drug-likeness (QED) is 0.616. The van der Waals surface area contributed by atoms with Crippen LogP contribution in [0.15, 0.2) is 71.6 Å². The first-order valence-corrected chi connectivity index (χ1v) is 11.9. The molecule has 0 atom stereocenters. The van der Waals surface area contributed by atoms with Gasteiger partial charge in [-0.25, -0.2) is 8.42 Å². The van der Waals surface area contributed by atoms with E-state index in [1.165, 1.54) is 11.2 Å². The van der Waals surface area contributed by atoms with E-state index >= 15 is 0 Å². The van der Waals surface area contributed by atoms with Gasteiger partial charge in [-0.05, 0) is 60.0 Å². The summed E-state index contributed by atoms with van der Waals surface area (Å²) in [7, 11) is -3.61. The highest BCUT2D eigenvalue weighted by Crippen LogP contribution is 2.27. The summed E-state index contributed by atoms with van der Waals surface area (Å²) >= 11 is 0. The lowest BCUT2D eigenvalue weighted by atomic mass is 9.97. The molecule has 1 heterocycles. The number of anilines is 2. The molecule has 2 N–H and O–H groups in total. The van der Waals surface area contributed by atoms with Crippen LogP contribution in [0.3, 0.4) is 0 Å². The maximum absolute atomic E-state index is 13.1. The minimum atomic E-state index is -3.61. The molecular formula is C24H25N3O4S. The fourth-order valence-corrected chi connectivity index (χ4v) is 5.43. The van der Waals surface area contributed by atoms with Crippen LogP contribution in [0.1, 0.15) is 19.8 Å². The molecule has 32 heavy (non-hydrogen) atoms. The second-order valence-corrected chi connectivity index (χ2v) is 9.87. The van der Waals surface area contributed by atoms with E-state index < -0.39 is 10.0 Å². The number of benzene rings is 3. The van der Waals surface area contributed by atoms with Crippen molar-refractivity contribution in [3.05, 3.63) is 66.7 Å². The Balaban J connectivity index is 1.37. The van der Waals surface area contributed by atoms with Crippen LogP contribution in [0.5, 0.6) is 0 Å². The van der Waals surface area contributed by atoms with Crippen LogP contribution in [-0.4, -0.2) is 37.6 Å². The third-order valence-corrected chi connectivity index (χ3v) is 7.55. The summed E-state index contributed by atoms with van der Waals surface area (Å²) in [5.74, 6) is -0.541. The van der Waals surface area contributed by atoms with E-state index in [4.69, 9.17) is 0 Å². The molecule has 166 valence electrons. The van der Waals surface area contributed by atoms with Crippen LogP contribution >= 0.6 is 0 Å². The number of piperidine rings is 1. The summed E-state index contributed by atoms with van der Waals surface area (Å²) < 4.78 is 27.7. The molecule has 0 aromatic heterocycles. The van der Waals surface area contributed by atoms with E-state index in [0.717, 1.165) is 10.8 Å². The summed E-state index contributed by atoms with van der Waals surface area (Å²) in [6.45, 7) is 2.03. The molecular weight excluding hydrogens is 426 g/mol. The van der Waals surface area contributed by atoms with Crippen molar-refractivity contribution in [2.45, 2.75) is 24.7 Å². The van der Waals surface area contributed by atoms with Crippen LogP contribution in [0, 0.1) is 5.92 Å². The largest absolute Gasteiger partial charge is 0.326 e. The lowest BCUT2D eigenvalue weighted by molar-refractivity contribution is -0.121. The van der Waals surface area contributed by atoms with Gasteiger partial charge in [0.1, 0.15) is 0 Å². The molecule has 0 aliphatic carbocycles. The molecule has 0 saturated carbocycles. The van der Waals surface area contributed by atoms with Crippen molar-refractivity contribution in [1.82, 2.24) is 4.31 Å². The van der Waals surface area contributed by atoms with Crippen LogP contribution in [0.2, 0.25) is 0 Å². The first-order valence-electron chi connectivity index (χ1n) is 10.5. The van der Waals surface area contributed by atoms with Crippen LogP contribution < -0.4 is 10.6 Å². The predicted octanol–water partition coefficient (Wildman–Crippen LogP) is 3.84. The topological polar surface area (TPSA) is 95.6 Å². The van der Waals surface area contributed by atoms with Gasteiger partial charge in [-0.15, -0.1) is 0 Å². The van der Waals surface area contributed by atoms with E-state index in [-0.39, 0.29) is 22.6 Å². The zero-order chi connectivity index (χ0) is 22.7. The van der Waals surface area contributed by atoms with Crippen molar-refractivity contribution in [3.63, 3.8) is 0 Å². The Morgan fingerprint density at radius 2 is 1.44 bits per heavy atom. The monoisotopic (exact) mass is 451 g/mol. The van der Waals surface area contributed by atoms with Gasteiger partial charge >= 0.3 is 0 Å². The van der Waals surface area contributed by atoms with E-state index in [2.05, 4.69) is 10.6 Å². The highest BCUT2D eigenvalue weighted by molar-refractivity contribution is 7.89. The molecule has 0 radical (unpaired) electrons. The highest BCUT2D eigenvalue weighted by Gasteiger charge is 2.32. The summed E-state index contributed by atoms with van der Waals surface area (Å²) in [6, 6.07) is 19.7. The van der Waals surface area contributed by atoms with Gasteiger partial charge in [0, 0.05) is 37.3 Å². The van der Waals surface area contributed by atoms with Gasteiger partial charge in [-0.2, -0.15) is 4.31 Å². The van der Waals surface area contributed by atoms with Crippen molar-refractivity contribution in [1.29, 1.82) is 0 Å². The number of hydrogen-bond donors (Lipinski definition) is 2. The molecule has 3 aromatic carbocycles. The lowest BCUT2D eigenvalue weighted by Crippen LogP contribution is -2.41. The molecule has 7 nitrogen and oxygen atoms in total. The Bertz CT molecular complexity index is 1250. The van der Waals surface area contributed by atoms with Gasteiger partial charge in [0.25, 0.3) is 0 Å². The number of carbonyl (C=O) groups is 2. The van der Waals surface area contributed by atoms with Gasteiger partial charge in [-0.1, -0.05) is 30.3 Å². The van der Waals surface area contributed by atoms with Crippen LogP contribution in [0.25, 0.3) is 10.8 Å². The Labute approximate surface area is 187 Å². The number of rotatable bonds is 5. The minimum Gasteiger partial charge on any atom is -0.326 e. The molecule has 1 aliphatic rings. The third kappa shape index (κ3) is 4.81. The number of amides is 2. The van der Waals surface area contributed by atoms with E-state index in [0.29, 0.717) is 37.3 Å². The van der Waals surface area contributed by atoms with Crippen molar-refractivity contribution < 1.29 is 18.0 Å². The van der Waals surface area contributed by atoms with Gasteiger partial charge in [0.05, 0.1) is 4.90 Å². The first kappa shape index (κ1) is 22.0. The molecule has 1 saturated heterocycles. The number of sulfonamides is 1. The van der Waals surface area contributed by atoms with Crippen LogP contribution in [0.4, 0.5) is 11.4 Å². The van der Waals surface area contributed by atoms with E-state index in [1.54, 1.807) is 36.4 Å². The molecule has 2 amide bonds. The zero-order valence-corrected chi connectivity index (χ0v) is 18.6. The van der Waals surface area contributed by atoms with E-state index in [9.17, 15) is 18.0 Å². The first-order chi connectivity index (χ1) is 15.3. The Morgan fingerprint density at radius 1 is 0.844 bits per heavy atom. The molecule has 4 rings (SSSR count). The summed E-state index contributed by atoms with van der Waals surface area (Å²) in [4.78, 5) is 24.0. The van der Waals surface area contributed by atoms with Gasteiger partial charge < -0.3 is 10.6 Å². The number of nitrogens with one attached hydrogen (secondary N) is 2. The molecule has 1 fully saturated rings. The molecule has 0 spiro atoms. The Hall–Kier alpha value is -3.23. The zero-order valence-electron chi connectivity index (χ0n) is 17.7. The number of hydrogen-bond acceptors (Lipinski definition) is 4. The average Bonchev–Trinajstić information content (AvgIpc) is 2.79. The average molecular weight is 452 g/mol. The number of fused-ring (bicyclic) bond motifs is 1. The lowest BCUT2D eigenvalue weighted by Gasteiger charge is -2.30. The predicted molar refractivity (Wildman–Crippen MR) is 125 cm³/mol. The normalized spacial score (nSPS) is 15.4. The van der Waals surface area contributed by atoms with Crippen molar-refractivity contribution >= 4 is 44.0 Å². The summed E-state index contributed by atoms with van der Waals surface area (Å²) in [6.07, 6.45) is 0.922. The van der Waals surface area contributed by atoms with Gasteiger partial charge in [0.2, 0.25) is 21.8 Å². The molecule has 0 bridgehead atoms. The molecule has 1 aliphatic heterocycles. The van der Waals surface area contributed by atoms with E-state index in [1.807, 2.05) is 30.3 Å². The van der Waals surface area contributed by atoms with Gasteiger partial charge in [-0.3, -0.25) is 9.59 Å². The second kappa shape index (κ2) is 9.10. The fraction of sp³-hybridized carbons (Fsp3) is 0.250. The summed E-state index contributed by atoms with van der Waals surface area (Å²) in [5.41, 5.74) is 1.29. The maximum atomic E-state index is 13.1. The fourth-order valence-electron chi connectivity index (χ4n) is 3.92. The maximum Gasteiger partial charge on any atom is 0.243 e. The smallest absolute Gasteiger partial charge is 0.243 e. The number of carbonyl (C=O) groups excluding carboxylic acids is 2. The SMILES string of the molecule is CC(=O)Nc1ccc(NC(=O)C2CCN(S(=O)(=O)c3ccc4ccccc4c3)CC2)cc1. The van der Waals surface area contributed by atoms with Crippen molar-refractivity contribution in [2.24, 2.45) is 5.92 Å². The molecule has 8 heteroatoms. The molecule has 0 unspecified atom stereocenters. The van der Waals surface area contributed by atoms with Gasteiger partial charge in [0.15, 0.2) is 0 Å². The second-order valence-electron chi connectivity index (χ2n) is 7.94. The van der Waals surface area contributed by atoms with Crippen molar-refractivity contribution in [2.75, 3.05) is 23.7 Å². The molecule has 3 aromatic rings. The van der Waals surface area contributed by atoms with Crippen LogP contribution in [-0.2, 0) is 19.6 Å². The summed E-state index contributed by atoms with van der Waals surface area (Å²) in [5, 5.41) is 7.43. The Kier molecular flexibility index (Phi) is 6.25. The Morgan fingerprint density at radius 3 is 2.06 bits per heavy atom. The highest BCUT2D eigenvalue weighted by atomic mass is 32.2. The third-order valence-electron chi connectivity index (χ3n) is 5.66. The number of nitrogens with zero attached hydrogens (tertiary/aromatic N) is 1.